The monoisotopic (exact) mass is 870 g/mol. The molecule has 0 amide bonds. The number of pyridine rings is 1. The lowest BCUT2D eigenvalue weighted by Crippen LogP contribution is -2.31. The molecule has 5 aromatic heterocycles. The molecule has 14 rings (SSSR count). The highest BCUT2D eigenvalue weighted by Crippen LogP contribution is 2.40. The van der Waals surface area contributed by atoms with Crippen molar-refractivity contribution >= 4 is 76.8 Å². The minimum absolute atomic E-state index is 0.680. The van der Waals surface area contributed by atoms with Crippen molar-refractivity contribution in [1.29, 1.82) is 0 Å². The largest absolute Gasteiger partial charge is 0.458 e. The van der Waals surface area contributed by atoms with Crippen LogP contribution in [-0.4, -0.2) is 23.3 Å². The Kier molecular flexibility index (Phi) is 8.45. The molecule has 14 aromatic rings. The minimum Gasteiger partial charge on any atom is -0.458 e. The van der Waals surface area contributed by atoms with E-state index in [1.165, 1.54) is 0 Å². The molecule has 68 heavy (non-hydrogen) atoms. The highest BCUT2D eigenvalue weighted by molar-refractivity contribution is 6.20. The first kappa shape index (κ1) is 38.0. The molecule has 0 radical (unpaired) electrons. The summed E-state index contributed by atoms with van der Waals surface area (Å²) in [4.78, 5) is 10.5. The number of benzene rings is 9. The van der Waals surface area contributed by atoms with Crippen molar-refractivity contribution in [3.8, 4) is 45.1 Å². The van der Waals surface area contributed by atoms with Gasteiger partial charge in [-0.1, -0.05) is 170 Å². The molecule has 0 unspecified atom stereocenters. The van der Waals surface area contributed by atoms with E-state index in [-0.39, 0.29) is 0 Å². The van der Waals surface area contributed by atoms with E-state index in [4.69, 9.17) is 14.7 Å². The fourth-order valence-corrected chi connectivity index (χ4v) is 10.4. The zero-order valence-electron chi connectivity index (χ0n) is 36.5. The molecule has 0 N–H and O–H groups in total. The van der Waals surface area contributed by atoms with Crippen molar-refractivity contribution in [3.63, 3.8) is 0 Å². The summed E-state index contributed by atoms with van der Waals surface area (Å²) in [6.45, 7) is 0. The molecular formula is C61H38N6O. The van der Waals surface area contributed by atoms with Crippen molar-refractivity contribution in [2.24, 2.45) is 0 Å². The summed E-state index contributed by atoms with van der Waals surface area (Å²) in [6, 6.07) is 78.6. The van der Waals surface area contributed by atoms with Gasteiger partial charge >= 0.3 is 0 Å². The first-order valence-corrected chi connectivity index (χ1v) is 22.8. The van der Waals surface area contributed by atoms with Crippen LogP contribution in [0.25, 0.3) is 110 Å². The summed E-state index contributed by atoms with van der Waals surface area (Å²) >= 11 is 0. The third kappa shape index (κ3) is 5.82. The van der Waals surface area contributed by atoms with Crippen molar-refractivity contribution in [1.82, 2.24) is 23.3 Å². The zero-order chi connectivity index (χ0) is 44.7. The number of nitrogens with zero attached hydrogens (tertiary/aromatic N) is 6. The lowest BCUT2D eigenvalue weighted by atomic mass is 9.95. The van der Waals surface area contributed by atoms with Crippen LogP contribution in [0.2, 0.25) is 0 Å². The molecule has 0 atom stereocenters. The van der Waals surface area contributed by atoms with Gasteiger partial charge in [0.15, 0.2) is 0 Å². The van der Waals surface area contributed by atoms with E-state index >= 15 is 0 Å². The summed E-state index contributed by atoms with van der Waals surface area (Å²) in [5, 5.41) is 5.35. The number of aromatic nitrogens is 6. The first-order chi connectivity index (χ1) is 33.7. The number of hydrogen-bond acceptors (Lipinski definition) is 3. The number of imidazole rings is 3. The minimum atomic E-state index is 0.680. The van der Waals surface area contributed by atoms with Crippen LogP contribution in [-0.2, 0) is 0 Å². The van der Waals surface area contributed by atoms with Crippen LogP contribution < -0.4 is 9.30 Å². The summed E-state index contributed by atoms with van der Waals surface area (Å²) in [5.41, 5.74) is 14.3. The first-order valence-electron chi connectivity index (χ1n) is 22.8. The highest BCUT2D eigenvalue weighted by atomic mass is 16.5. The van der Waals surface area contributed by atoms with Crippen molar-refractivity contribution in [3.05, 3.63) is 237 Å². The van der Waals surface area contributed by atoms with E-state index in [1.54, 1.807) is 0 Å². The van der Waals surface area contributed by atoms with Gasteiger partial charge in [-0.15, -0.1) is 0 Å². The van der Waals surface area contributed by atoms with Crippen LogP contribution in [0.5, 0.6) is 11.5 Å². The fourth-order valence-electron chi connectivity index (χ4n) is 10.4. The van der Waals surface area contributed by atoms with Crippen molar-refractivity contribution in [2.45, 2.75) is 0 Å². The predicted octanol–water partition coefficient (Wildman–Crippen LogP) is 14.5. The van der Waals surface area contributed by atoms with Crippen LogP contribution in [0.1, 0.15) is 0 Å². The van der Waals surface area contributed by atoms with Gasteiger partial charge in [0, 0.05) is 28.4 Å². The average molecular weight is 871 g/mol. The lowest BCUT2D eigenvalue weighted by Gasteiger charge is -2.17. The Morgan fingerprint density at radius 3 is 1.85 bits per heavy atom. The molecule has 7 nitrogen and oxygen atoms in total. The zero-order valence-corrected chi connectivity index (χ0v) is 36.5. The topological polar surface area (TPSA) is 52.6 Å². The van der Waals surface area contributed by atoms with Gasteiger partial charge in [0.1, 0.15) is 11.5 Å². The molecule has 0 aliphatic rings. The highest BCUT2D eigenvalue weighted by Gasteiger charge is 2.22. The molecule has 9 aromatic carbocycles. The Labute approximate surface area is 389 Å². The standard InChI is InChI=1S/C61H38N6O/c1-3-18-40(19-4-1)45-27-16-28-46(41-20-5-2-6-21-41)59(45)65-39-64(55-33-13-14-34-56(55)65)42-22-15-23-43(36-42)68-44-37-51-58-50(29-17-35-62-58)48-25-8-7-24-47(48)49-26-9-11-31-53(49)67-60(51)57(38-44)66-54-32-12-10-30-52(54)63-61(66)67/h1-38H. The second kappa shape index (κ2) is 15.1. The molecule has 0 fully saturated rings. The number of ether oxygens (including phenoxy) is 1. The number of hydrogen-bond donors (Lipinski definition) is 0. The molecule has 318 valence electrons. The van der Waals surface area contributed by atoms with Crippen LogP contribution in [0.4, 0.5) is 0 Å². The van der Waals surface area contributed by atoms with E-state index in [2.05, 4.69) is 231 Å². The van der Waals surface area contributed by atoms with Gasteiger partial charge in [-0.2, -0.15) is 0 Å². The van der Waals surface area contributed by atoms with Crippen molar-refractivity contribution < 1.29 is 9.30 Å². The molecule has 0 aliphatic carbocycles. The molecular weight excluding hydrogens is 833 g/mol. The van der Waals surface area contributed by atoms with Gasteiger partial charge in [-0.3, -0.25) is 22.9 Å². The van der Waals surface area contributed by atoms with E-state index in [0.717, 1.165) is 110 Å². The quantitative estimate of drug-likeness (QED) is 0.124. The Bertz CT molecular complexity index is 4300. The van der Waals surface area contributed by atoms with E-state index in [0.29, 0.717) is 11.5 Å². The maximum atomic E-state index is 7.07. The maximum absolute atomic E-state index is 7.07. The Balaban J connectivity index is 0.999. The summed E-state index contributed by atoms with van der Waals surface area (Å²) in [5.74, 6) is 2.19. The molecule has 0 bridgehead atoms. The third-order valence-corrected chi connectivity index (χ3v) is 13.3. The third-order valence-electron chi connectivity index (χ3n) is 13.3. The van der Waals surface area contributed by atoms with Crippen LogP contribution in [0.3, 0.4) is 0 Å². The molecule has 0 spiro atoms. The Morgan fingerprint density at radius 2 is 1.07 bits per heavy atom. The summed E-state index contributed by atoms with van der Waals surface area (Å²) in [7, 11) is 0. The fraction of sp³-hybridized carbons (Fsp3) is 0. The lowest BCUT2D eigenvalue weighted by molar-refractivity contribution is -0.571. The Morgan fingerprint density at radius 1 is 0.441 bits per heavy atom. The van der Waals surface area contributed by atoms with Gasteiger partial charge in [0.2, 0.25) is 5.78 Å². The van der Waals surface area contributed by atoms with Gasteiger partial charge in [-0.05, 0) is 81.6 Å². The van der Waals surface area contributed by atoms with Gasteiger partial charge in [0.25, 0.3) is 6.33 Å². The van der Waals surface area contributed by atoms with Crippen LogP contribution >= 0.6 is 0 Å². The second-order valence-corrected chi connectivity index (χ2v) is 17.2. The predicted molar refractivity (Wildman–Crippen MR) is 275 cm³/mol. The SMILES string of the molecule is [c-]1n(-c2cccc(Oc3cc4c5ncccc5c5ccccc5c5ccccc5n5c4c(c3)n3c4ccccc4nc35)c2)c2ccccc2[n+]1-c1c(-c2ccccc2)cccc1-c1ccccc1. The Hall–Kier alpha value is -9.33. The van der Waals surface area contributed by atoms with E-state index in [1.807, 2.05) is 24.4 Å². The van der Waals surface area contributed by atoms with Crippen molar-refractivity contribution in [2.75, 3.05) is 0 Å². The summed E-state index contributed by atoms with van der Waals surface area (Å²) in [6.07, 6.45) is 5.71. The summed E-state index contributed by atoms with van der Waals surface area (Å²) < 4.78 is 16.0. The van der Waals surface area contributed by atoms with Gasteiger partial charge < -0.3 is 4.74 Å². The smallest absolute Gasteiger partial charge is 0.269 e. The van der Waals surface area contributed by atoms with Gasteiger partial charge in [-0.25, -0.2) is 4.98 Å². The molecule has 0 saturated heterocycles. The number of fused-ring (bicyclic) bond motifs is 13. The van der Waals surface area contributed by atoms with Crippen LogP contribution in [0, 0.1) is 6.33 Å². The van der Waals surface area contributed by atoms with Gasteiger partial charge in [0.05, 0.1) is 55.5 Å². The van der Waals surface area contributed by atoms with Crippen LogP contribution in [0.15, 0.2) is 231 Å². The normalized spacial score (nSPS) is 11.8. The number of rotatable bonds is 6. The van der Waals surface area contributed by atoms with E-state index in [9.17, 15) is 0 Å². The molecule has 5 heterocycles. The molecule has 0 saturated carbocycles. The second-order valence-electron chi connectivity index (χ2n) is 17.2. The van der Waals surface area contributed by atoms with E-state index < -0.39 is 0 Å². The molecule has 7 heteroatoms. The average Bonchev–Trinajstić information content (AvgIpc) is 4.09. The number of para-hydroxylation sites is 6. The maximum Gasteiger partial charge on any atom is 0.269 e. The molecule has 0 aliphatic heterocycles.